The van der Waals surface area contributed by atoms with Crippen molar-refractivity contribution in [2.24, 2.45) is 0 Å². The Hall–Kier alpha value is -1.61. The van der Waals surface area contributed by atoms with Crippen LogP contribution >= 0.6 is 0 Å². The van der Waals surface area contributed by atoms with Gasteiger partial charge in [-0.2, -0.15) is 0 Å². The van der Waals surface area contributed by atoms with Crippen molar-refractivity contribution in [1.82, 2.24) is 5.32 Å². The SMILES string of the molecule is COCCCCC(=O)NCC=Cc1ccccc1. The standard InChI is InChI=1S/C15H21NO2/c1-18-13-6-5-11-15(17)16-12-7-10-14-8-3-2-4-9-14/h2-4,7-10H,5-6,11-13H2,1H3,(H,16,17). The summed E-state index contributed by atoms with van der Waals surface area (Å²) in [5, 5.41) is 2.86. The van der Waals surface area contributed by atoms with Gasteiger partial charge in [-0.25, -0.2) is 0 Å². The molecule has 0 aliphatic rings. The maximum Gasteiger partial charge on any atom is 0.220 e. The summed E-state index contributed by atoms with van der Waals surface area (Å²) in [5.41, 5.74) is 1.15. The van der Waals surface area contributed by atoms with Gasteiger partial charge in [-0.05, 0) is 18.4 Å². The molecule has 0 spiro atoms. The van der Waals surface area contributed by atoms with Crippen LogP contribution in [0.25, 0.3) is 6.08 Å². The minimum Gasteiger partial charge on any atom is -0.385 e. The molecule has 0 saturated heterocycles. The summed E-state index contributed by atoms with van der Waals surface area (Å²) in [6.07, 6.45) is 6.35. The van der Waals surface area contributed by atoms with Gasteiger partial charge in [0.15, 0.2) is 0 Å². The predicted octanol–water partition coefficient (Wildman–Crippen LogP) is 2.63. The first-order chi connectivity index (χ1) is 8.83. The maximum absolute atomic E-state index is 11.4. The van der Waals surface area contributed by atoms with Crippen molar-refractivity contribution in [3.63, 3.8) is 0 Å². The zero-order chi connectivity index (χ0) is 13.1. The monoisotopic (exact) mass is 247 g/mol. The second-order valence-electron chi connectivity index (χ2n) is 4.07. The van der Waals surface area contributed by atoms with E-state index in [-0.39, 0.29) is 5.91 Å². The fourth-order valence-corrected chi connectivity index (χ4v) is 1.55. The van der Waals surface area contributed by atoms with E-state index < -0.39 is 0 Å². The van der Waals surface area contributed by atoms with Crippen LogP contribution in [0.2, 0.25) is 0 Å². The van der Waals surface area contributed by atoms with Gasteiger partial charge in [0, 0.05) is 26.7 Å². The number of rotatable bonds is 8. The molecule has 1 N–H and O–H groups in total. The molecule has 98 valence electrons. The number of amides is 1. The lowest BCUT2D eigenvalue weighted by molar-refractivity contribution is -0.121. The van der Waals surface area contributed by atoms with Crippen LogP contribution < -0.4 is 5.32 Å². The summed E-state index contributed by atoms with van der Waals surface area (Å²) in [5.74, 6) is 0.101. The number of benzene rings is 1. The van der Waals surface area contributed by atoms with E-state index in [0.29, 0.717) is 13.0 Å². The topological polar surface area (TPSA) is 38.3 Å². The highest BCUT2D eigenvalue weighted by molar-refractivity contribution is 5.76. The number of hydrogen-bond acceptors (Lipinski definition) is 2. The van der Waals surface area contributed by atoms with Gasteiger partial charge in [-0.1, -0.05) is 42.5 Å². The Morgan fingerprint density at radius 3 is 2.78 bits per heavy atom. The molecular weight excluding hydrogens is 226 g/mol. The molecule has 3 nitrogen and oxygen atoms in total. The summed E-state index contributed by atoms with van der Waals surface area (Å²) >= 11 is 0. The van der Waals surface area contributed by atoms with Gasteiger partial charge in [-0.3, -0.25) is 4.79 Å². The third-order valence-corrected chi connectivity index (χ3v) is 2.53. The second-order valence-corrected chi connectivity index (χ2v) is 4.07. The first-order valence-corrected chi connectivity index (χ1v) is 6.30. The average Bonchev–Trinajstić information content (AvgIpc) is 2.41. The number of ether oxygens (including phenoxy) is 1. The van der Waals surface area contributed by atoms with Crippen molar-refractivity contribution in [2.45, 2.75) is 19.3 Å². The molecule has 1 aromatic carbocycles. The average molecular weight is 247 g/mol. The van der Waals surface area contributed by atoms with Crippen LogP contribution in [0.1, 0.15) is 24.8 Å². The highest BCUT2D eigenvalue weighted by atomic mass is 16.5. The third-order valence-electron chi connectivity index (χ3n) is 2.53. The fraction of sp³-hybridized carbons (Fsp3) is 0.400. The lowest BCUT2D eigenvalue weighted by Gasteiger charge is -2.02. The second kappa shape index (κ2) is 9.42. The van der Waals surface area contributed by atoms with E-state index in [1.807, 2.05) is 42.5 Å². The van der Waals surface area contributed by atoms with Crippen molar-refractivity contribution in [3.8, 4) is 0 Å². The molecule has 0 aliphatic heterocycles. The van der Waals surface area contributed by atoms with Crippen LogP contribution in [-0.2, 0) is 9.53 Å². The van der Waals surface area contributed by atoms with Gasteiger partial charge >= 0.3 is 0 Å². The summed E-state index contributed by atoms with van der Waals surface area (Å²) in [4.78, 5) is 11.4. The van der Waals surface area contributed by atoms with Gasteiger partial charge in [-0.15, -0.1) is 0 Å². The lowest BCUT2D eigenvalue weighted by atomic mass is 10.2. The van der Waals surface area contributed by atoms with Gasteiger partial charge < -0.3 is 10.1 Å². The molecule has 0 fully saturated rings. The van der Waals surface area contributed by atoms with Crippen LogP contribution in [0.4, 0.5) is 0 Å². The zero-order valence-corrected chi connectivity index (χ0v) is 10.9. The summed E-state index contributed by atoms with van der Waals surface area (Å²) < 4.78 is 4.93. The van der Waals surface area contributed by atoms with Gasteiger partial charge in [0.05, 0.1) is 0 Å². The Kier molecular flexibility index (Phi) is 7.57. The van der Waals surface area contributed by atoms with E-state index >= 15 is 0 Å². The largest absolute Gasteiger partial charge is 0.385 e. The smallest absolute Gasteiger partial charge is 0.220 e. The first-order valence-electron chi connectivity index (χ1n) is 6.30. The van der Waals surface area contributed by atoms with Crippen molar-refractivity contribution in [3.05, 3.63) is 42.0 Å². The number of methoxy groups -OCH3 is 1. The summed E-state index contributed by atoms with van der Waals surface area (Å²) in [7, 11) is 1.68. The van der Waals surface area contributed by atoms with Gasteiger partial charge in [0.2, 0.25) is 5.91 Å². The molecule has 1 amide bonds. The Morgan fingerprint density at radius 2 is 2.06 bits per heavy atom. The Bertz CT molecular complexity index is 360. The predicted molar refractivity (Wildman–Crippen MR) is 74.2 cm³/mol. The van der Waals surface area contributed by atoms with Crippen molar-refractivity contribution >= 4 is 12.0 Å². The molecule has 18 heavy (non-hydrogen) atoms. The fourth-order valence-electron chi connectivity index (χ4n) is 1.55. The molecule has 0 heterocycles. The quantitative estimate of drug-likeness (QED) is 0.717. The van der Waals surface area contributed by atoms with Crippen molar-refractivity contribution in [1.29, 1.82) is 0 Å². The Morgan fingerprint density at radius 1 is 1.28 bits per heavy atom. The number of carbonyl (C=O) groups excluding carboxylic acids is 1. The number of hydrogen-bond donors (Lipinski definition) is 1. The molecule has 3 heteroatoms. The van der Waals surface area contributed by atoms with E-state index in [1.54, 1.807) is 7.11 Å². The molecule has 1 rings (SSSR count). The molecule has 0 aromatic heterocycles. The molecule has 1 aromatic rings. The lowest BCUT2D eigenvalue weighted by Crippen LogP contribution is -2.22. The highest BCUT2D eigenvalue weighted by Gasteiger charge is 1.98. The minimum absolute atomic E-state index is 0.101. The van der Waals surface area contributed by atoms with E-state index in [9.17, 15) is 4.79 Å². The van der Waals surface area contributed by atoms with Crippen LogP contribution in [0.5, 0.6) is 0 Å². The van der Waals surface area contributed by atoms with Gasteiger partial charge in [0.25, 0.3) is 0 Å². The van der Waals surface area contributed by atoms with Crippen molar-refractivity contribution < 1.29 is 9.53 Å². The highest BCUT2D eigenvalue weighted by Crippen LogP contribution is 2.00. The minimum atomic E-state index is 0.101. The third kappa shape index (κ3) is 6.86. The van der Waals surface area contributed by atoms with Gasteiger partial charge in [0.1, 0.15) is 0 Å². The van der Waals surface area contributed by atoms with Crippen LogP contribution in [0, 0.1) is 0 Å². The van der Waals surface area contributed by atoms with E-state index in [2.05, 4.69) is 5.32 Å². The molecule has 0 atom stereocenters. The Labute approximate surface area is 109 Å². The van der Waals surface area contributed by atoms with Crippen LogP contribution in [0.15, 0.2) is 36.4 Å². The van der Waals surface area contributed by atoms with Crippen LogP contribution in [-0.4, -0.2) is 26.2 Å². The molecule has 0 bridgehead atoms. The van der Waals surface area contributed by atoms with E-state index in [1.165, 1.54) is 0 Å². The molecule has 0 saturated carbocycles. The normalized spacial score (nSPS) is 10.7. The molecule has 0 unspecified atom stereocenters. The number of unbranched alkanes of at least 4 members (excludes halogenated alkanes) is 1. The molecular formula is C15H21NO2. The van der Waals surface area contributed by atoms with E-state index in [4.69, 9.17) is 4.74 Å². The summed E-state index contributed by atoms with van der Waals surface area (Å²) in [6.45, 7) is 1.30. The van der Waals surface area contributed by atoms with Crippen molar-refractivity contribution in [2.75, 3.05) is 20.3 Å². The Balaban J connectivity index is 2.10. The first kappa shape index (κ1) is 14.5. The number of nitrogens with one attached hydrogen (secondary N) is 1. The molecule has 0 aliphatic carbocycles. The van der Waals surface area contributed by atoms with Crippen LogP contribution in [0.3, 0.4) is 0 Å². The summed E-state index contributed by atoms with van der Waals surface area (Å²) in [6, 6.07) is 10.0. The number of carbonyl (C=O) groups is 1. The maximum atomic E-state index is 11.4. The molecule has 0 radical (unpaired) electrons. The zero-order valence-electron chi connectivity index (χ0n) is 10.9. The van der Waals surface area contributed by atoms with E-state index in [0.717, 1.165) is 25.0 Å².